The maximum atomic E-state index is 10.7. The predicted octanol–water partition coefficient (Wildman–Crippen LogP) is 4.60. The van der Waals surface area contributed by atoms with E-state index in [4.69, 9.17) is 16.7 Å². The van der Waals surface area contributed by atoms with Crippen molar-refractivity contribution in [3.05, 3.63) is 65.2 Å². The first-order valence-corrected chi connectivity index (χ1v) is 7.02. The Morgan fingerprint density at radius 2 is 1.95 bits per heavy atom. The topological polar surface area (TPSA) is 40.5 Å². The number of aliphatic carboxylic acids is 1. The van der Waals surface area contributed by atoms with Crippen molar-refractivity contribution in [2.24, 2.45) is 0 Å². The highest BCUT2D eigenvalue weighted by molar-refractivity contribution is 6.31. The number of anilines is 2. The minimum absolute atomic E-state index is 0.617. The van der Waals surface area contributed by atoms with Gasteiger partial charge < -0.3 is 10.0 Å². The Morgan fingerprint density at radius 1 is 1.24 bits per heavy atom. The van der Waals surface area contributed by atoms with Crippen LogP contribution in [-0.4, -0.2) is 17.6 Å². The van der Waals surface area contributed by atoms with Crippen LogP contribution in [0, 0.1) is 0 Å². The summed E-state index contributed by atoms with van der Waals surface area (Å²) < 4.78 is 0. The van der Waals surface area contributed by atoms with Crippen LogP contribution in [0.4, 0.5) is 11.4 Å². The third-order valence-corrected chi connectivity index (χ3v) is 3.31. The highest BCUT2D eigenvalue weighted by atomic mass is 35.5. The molecule has 0 spiro atoms. The molecule has 0 radical (unpaired) electrons. The van der Waals surface area contributed by atoms with Crippen molar-refractivity contribution in [2.45, 2.75) is 6.92 Å². The number of hydrogen-bond acceptors (Lipinski definition) is 2. The molecule has 2 aromatic carbocycles. The van der Waals surface area contributed by atoms with E-state index in [0.717, 1.165) is 29.6 Å². The summed E-state index contributed by atoms with van der Waals surface area (Å²) >= 11 is 6.10. The lowest BCUT2D eigenvalue weighted by molar-refractivity contribution is -0.131. The zero-order chi connectivity index (χ0) is 15.2. The molecule has 0 atom stereocenters. The van der Waals surface area contributed by atoms with Crippen LogP contribution in [0.15, 0.2) is 54.6 Å². The fourth-order valence-electron chi connectivity index (χ4n) is 2.15. The van der Waals surface area contributed by atoms with E-state index in [1.807, 2.05) is 49.4 Å². The van der Waals surface area contributed by atoms with Crippen molar-refractivity contribution in [2.75, 3.05) is 11.4 Å². The molecule has 0 saturated heterocycles. The molecule has 2 aromatic rings. The fraction of sp³-hybridized carbons (Fsp3) is 0.118. The maximum absolute atomic E-state index is 10.7. The van der Waals surface area contributed by atoms with E-state index in [0.29, 0.717) is 5.02 Å². The molecule has 21 heavy (non-hydrogen) atoms. The van der Waals surface area contributed by atoms with Gasteiger partial charge in [-0.25, -0.2) is 4.79 Å². The summed E-state index contributed by atoms with van der Waals surface area (Å²) in [4.78, 5) is 12.8. The fourth-order valence-corrected chi connectivity index (χ4v) is 2.32. The van der Waals surface area contributed by atoms with E-state index in [1.54, 1.807) is 12.1 Å². The van der Waals surface area contributed by atoms with E-state index < -0.39 is 5.97 Å². The second-order valence-corrected chi connectivity index (χ2v) is 4.89. The minimum atomic E-state index is -0.973. The lowest BCUT2D eigenvalue weighted by Gasteiger charge is -2.25. The average molecular weight is 302 g/mol. The number of para-hydroxylation sites is 1. The number of carboxylic acid groups (broad SMARTS) is 1. The van der Waals surface area contributed by atoms with Crippen molar-refractivity contribution in [1.29, 1.82) is 0 Å². The largest absolute Gasteiger partial charge is 0.478 e. The normalized spacial score (nSPS) is 10.8. The summed E-state index contributed by atoms with van der Waals surface area (Å²) in [6.45, 7) is 2.79. The Labute approximate surface area is 129 Å². The van der Waals surface area contributed by atoms with Gasteiger partial charge in [0.1, 0.15) is 0 Å². The number of benzene rings is 2. The van der Waals surface area contributed by atoms with Crippen LogP contribution in [0.3, 0.4) is 0 Å². The van der Waals surface area contributed by atoms with E-state index in [-0.39, 0.29) is 0 Å². The van der Waals surface area contributed by atoms with Gasteiger partial charge in [-0.2, -0.15) is 0 Å². The quantitative estimate of drug-likeness (QED) is 0.821. The van der Waals surface area contributed by atoms with Crippen LogP contribution in [0.2, 0.25) is 5.02 Å². The number of halogens is 1. The SMILES string of the molecule is CCN(c1ccccc1)c1cc(Cl)ccc1/C=C/C(=O)O. The predicted molar refractivity (Wildman–Crippen MR) is 87.2 cm³/mol. The van der Waals surface area contributed by atoms with Crippen molar-refractivity contribution in [3.63, 3.8) is 0 Å². The van der Waals surface area contributed by atoms with Crippen molar-refractivity contribution < 1.29 is 9.90 Å². The first kappa shape index (κ1) is 15.1. The Hall–Kier alpha value is -2.26. The molecule has 0 aromatic heterocycles. The van der Waals surface area contributed by atoms with Gasteiger partial charge in [0, 0.05) is 29.0 Å². The zero-order valence-corrected chi connectivity index (χ0v) is 12.4. The number of hydrogen-bond donors (Lipinski definition) is 1. The van der Waals surface area contributed by atoms with Gasteiger partial charge in [0.25, 0.3) is 0 Å². The van der Waals surface area contributed by atoms with Gasteiger partial charge >= 0.3 is 5.97 Å². The molecule has 0 saturated carbocycles. The molecule has 0 heterocycles. The summed E-state index contributed by atoms with van der Waals surface area (Å²) in [5.41, 5.74) is 2.73. The van der Waals surface area contributed by atoms with Gasteiger partial charge in [-0.05, 0) is 42.8 Å². The van der Waals surface area contributed by atoms with E-state index in [9.17, 15) is 4.79 Å². The molecule has 0 bridgehead atoms. The van der Waals surface area contributed by atoms with E-state index >= 15 is 0 Å². The molecule has 0 fully saturated rings. The molecule has 2 rings (SSSR count). The lowest BCUT2D eigenvalue weighted by Crippen LogP contribution is -2.17. The Morgan fingerprint density at radius 3 is 2.57 bits per heavy atom. The molecule has 0 unspecified atom stereocenters. The Kier molecular flexibility index (Phi) is 5.01. The van der Waals surface area contributed by atoms with Crippen LogP contribution < -0.4 is 4.90 Å². The summed E-state index contributed by atoms with van der Waals surface area (Å²) in [6, 6.07) is 15.3. The molecule has 0 aliphatic carbocycles. The summed E-state index contributed by atoms with van der Waals surface area (Å²) in [7, 11) is 0. The third kappa shape index (κ3) is 3.86. The molecule has 0 aliphatic heterocycles. The summed E-state index contributed by atoms with van der Waals surface area (Å²) in [5, 5.41) is 9.42. The first-order chi connectivity index (χ1) is 10.1. The molecule has 4 heteroatoms. The van der Waals surface area contributed by atoms with Crippen LogP contribution in [0.25, 0.3) is 6.08 Å². The first-order valence-electron chi connectivity index (χ1n) is 6.65. The van der Waals surface area contributed by atoms with Crippen molar-refractivity contribution in [1.82, 2.24) is 0 Å². The van der Waals surface area contributed by atoms with E-state index in [1.165, 1.54) is 0 Å². The molecule has 1 N–H and O–H groups in total. The van der Waals surface area contributed by atoms with Gasteiger partial charge in [-0.1, -0.05) is 35.9 Å². The van der Waals surface area contributed by atoms with Gasteiger partial charge in [0.2, 0.25) is 0 Å². The van der Waals surface area contributed by atoms with Crippen LogP contribution >= 0.6 is 11.6 Å². The highest BCUT2D eigenvalue weighted by Crippen LogP contribution is 2.31. The van der Waals surface area contributed by atoms with Crippen LogP contribution in [0.1, 0.15) is 12.5 Å². The van der Waals surface area contributed by atoms with Crippen LogP contribution in [0.5, 0.6) is 0 Å². The third-order valence-electron chi connectivity index (χ3n) is 3.07. The standard InChI is InChI=1S/C17H16ClNO2/c1-2-19(15-6-4-3-5-7-15)16-12-14(18)10-8-13(16)9-11-17(20)21/h3-12H,2H2,1H3,(H,20,21)/b11-9+. The van der Waals surface area contributed by atoms with Gasteiger partial charge in [-0.3, -0.25) is 0 Å². The molecular weight excluding hydrogens is 286 g/mol. The molecule has 3 nitrogen and oxygen atoms in total. The molecule has 108 valence electrons. The number of nitrogens with zero attached hydrogens (tertiary/aromatic N) is 1. The highest BCUT2D eigenvalue weighted by Gasteiger charge is 2.11. The second-order valence-electron chi connectivity index (χ2n) is 4.45. The van der Waals surface area contributed by atoms with E-state index in [2.05, 4.69) is 4.90 Å². The van der Waals surface area contributed by atoms with Gasteiger partial charge in [0.05, 0.1) is 0 Å². The van der Waals surface area contributed by atoms with Crippen LogP contribution in [-0.2, 0) is 4.79 Å². The Bertz CT molecular complexity index is 653. The van der Waals surface area contributed by atoms with Crippen molar-refractivity contribution in [3.8, 4) is 0 Å². The molecule has 0 amide bonds. The minimum Gasteiger partial charge on any atom is -0.478 e. The van der Waals surface area contributed by atoms with Gasteiger partial charge in [0.15, 0.2) is 0 Å². The average Bonchev–Trinajstić information content (AvgIpc) is 2.48. The smallest absolute Gasteiger partial charge is 0.328 e. The number of carbonyl (C=O) groups is 1. The number of carboxylic acids is 1. The number of rotatable bonds is 5. The van der Waals surface area contributed by atoms with Crippen molar-refractivity contribution >= 4 is 35.0 Å². The molecule has 0 aliphatic rings. The summed E-state index contributed by atoms with van der Waals surface area (Å²) in [6.07, 6.45) is 2.71. The Balaban J connectivity index is 2.49. The lowest BCUT2D eigenvalue weighted by atomic mass is 10.1. The maximum Gasteiger partial charge on any atom is 0.328 e. The van der Waals surface area contributed by atoms with Gasteiger partial charge in [-0.15, -0.1) is 0 Å². The zero-order valence-electron chi connectivity index (χ0n) is 11.7. The second kappa shape index (κ2) is 6.95. The molecular formula is C17H16ClNO2. The summed E-state index contributed by atoms with van der Waals surface area (Å²) in [5.74, 6) is -0.973. The monoisotopic (exact) mass is 301 g/mol.